The van der Waals surface area contributed by atoms with Crippen molar-refractivity contribution >= 4 is 21.9 Å². The number of hydrogen-bond acceptors (Lipinski definition) is 5. The standard InChI is InChI=1S/C16H19NO5S/c18-15-13-8-4-5-9-14(13)16(19)17(15)10-11-23(20,21)22-12-6-2-1-3-7-12/h1-3,6-7,13-14H,4-5,8-11H2. The number of carbonyl (C=O) groups is 2. The Morgan fingerprint density at radius 1 is 1.00 bits per heavy atom. The molecule has 7 heteroatoms. The molecule has 1 aliphatic carbocycles. The largest absolute Gasteiger partial charge is 0.382 e. The van der Waals surface area contributed by atoms with Crippen LogP contribution in [0.5, 0.6) is 5.75 Å². The Bertz CT molecular complexity index is 676. The molecule has 0 spiro atoms. The molecule has 124 valence electrons. The number of fused-ring (bicyclic) bond motifs is 1. The molecule has 0 aromatic heterocycles. The van der Waals surface area contributed by atoms with Gasteiger partial charge < -0.3 is 4.18 Å². The molecule has 2 amide bonds. The molecule has 1 aromatic rings. The lowest BCUT2D eigenvalue weighted by atomic mass is 9.81. The molecule has 2 fully saturated rings. The van der Waals surface area contributed by atoms with E-state index in [2.05, 4.69) is 0 Å². The highest BCUT2D eigenvalue weighted by Gasteiger charge is 2.48. The molecule has 23 heavy (non-hydrogen) atoms. The van der Waals surface area contributed by atoms with Gasteiger partial charge in [-0.25, -0.2) is 0 Å². The second-order valence-corrected chi connectivity index (χ2v) is 7.67. The highest BCUT2D eigenvalue weighted by molar-refractivity contribution is 7.87. The Balaban J connectivity index is 1.63. The zero-order valence-electron chi connectivity index (χ0n) is 12.7. The molecule has 1 heterocycles. The van der Waals surface area contributed by atoms with E-state index in [0.29, 0.717) is 0 Å². The minimum absolute atomic E-state index is 0.139. The fourth-order valence-corrected chi connectivity index (χ4v) is 4.21. The molecule has 3 rings (SSSR count). The summed E-state index contributed by atoms with van der Waals surface area (Å²) in [5, 5.41) is 0. The lowest BCUT2D eigenvalue weighted by Gasteiger charge is -2.19. The van der Waals surface area contributed by atoms with Gasteiger partial charge in [0.1, 0.15) is 11.5 Å². The van der Waals surface area contributed by atoms with Crippen LogP contribution in [0.3, 0.4) is 0 Å². The van der Waals surface area contributed by atoms with Crippen LogP contribution in [-0.4, -0.2) is 37.4 Å². The normalized spacial score (nSPS) is 24.6. The van der Waals surface area contributed by atoms with Gasteiger partial charge in [0, 0.05) is 6.54 Å². The van der Waals surface area contributed by atoms with Crippen LogP contribution in [0.25, 0.3) is 0 Å². The summed E-state index contributed by atoms with van der Waals surface area (Å²) in [5.41, 5.74) is 0. The molecule has 0 radical (unpaired) electrons. The molecule has 2 unspecified atom stereocenters. The summed E-state index contributed by atoms with van der Waals surface area (Å²) in [6.07, 6.45) is 3.34. The third kappa shape index (κ3) is 3.39. The van der Waals surface area contributed by atoms with Gasteiger partial charge in [0.05, 0.1) is 11.8 Å². The summed E-state index contributed by atoms with van der Waals surface area (Å²) in [6, 6.07) is 8.17. The fraction of sp³-hybridized carbons (Fsp3) is 0.500. The Labute approximate surface area is 135 Å². The third-order valence-electron chi connectivity index (χ3n) is 4.46. The highest BCUT2D eigenvalue weighted by atomic mass is 32.2. The van der Waals surface area contributed by atoms with Gasteiger partial charge in [0.25, 0.3) is 0 Å². The lowest BCUT2D eigenvalue weighted by molar-refractivity contribution is -0.139. The van der Waals surface area contributed by atoms with E-state index in [0.717, 1.165) is 30.6 Å². The van der Waals surface area contributed by atoms with Crippen molar-refractivity contribution in [2.24, 2.45) is 11.8 Å². The number of rotatable bonds is 5. The molecule has 2 aliphatic rings. The second kappa shape index (κ2) is 6.31. The van der Waals surface area contributed by atoms with Crippen molar-refractivity contribution in [3.05, 3.63) is 30.3 Å². The quantitative estimate of drug-likeness (QED) is 0.602. The minimum Gasteiger partial charge on any atom is -0.382 e. The van der Waals surface area contributed by atoms with Crippen LogP contribution in [0.1, 0.15) is 25.7 Å². The fourth-order valence-electron chi connectivity index (χ4n) is 3.32. The van der Waals surface area contributed by atoms with Gasteiger partial charge in [-0.05, 0) is 25.0 Å². The van der Waals surface area contributed by atoms with Crippen molar-refractivity contribution in [1.29, 1.82) is 0 Å². The lowest BCUT2D eigenvalue weighted by Crippen LogP contribution is -2.36. The monoisotopic (exact) mass is 337 g/mol. The first-order valence-electron chi connectivity index (χ1n) is 7.80. The van der Waals surface area contributed by atoms with Crippen molar-refractivity contribution in [1.82, 2.24) is 4.90 Å². The topological polar surface area (TPSA) is 80.8 Å². The zero-order valence-corrected chi connectivity index (χ0v) is 13.5. The first kappa shape index (κ1) is 16.0. The molecular weight excluding hydrogens is 318 g/mol. The van der Waals surface area contributed by atoms with Crippen molar-refractivity contribution in [3.8, 4) is 5.75 Å². The molecular formula is C16H19NO5S. The van der Waals surface area contributed by atoms with E-state index < -0.39 is 15.9 Å². The number of benzene rings is 1. The Hall–Kier alpha value is -1.89. The number of hydrogen-bond donors (Lipinski definition) is 0. The summed E-state index contributed by atoms with van der Waals surface area (Å²) in [7, 11) is -3.85. The first-order valence-corrected chi connectivity index (χ1v) is 9.38. The van der Waals surface area contributed by atoms with Gasteiger partial charge in [-0.2, -0.15) is 8.42 Å². The summed E-state index contributed by atoms with van der Waals surface area (Å²) in [5.74, 6) is -1.13. The maximum absolute atomic E-state index is 12.3. The maximum atomic E-state index is 12.3. The van der Waals surface area contributed by atoms with Crippen LogP contribution in [-0.2, 0) is 19.7 Å². The Morgan fingerprint density at radius 3 is 2.13 bits per heavy atom. The van der Waals surface area contributed by atoms with Gasteiger partial charge in [-0.3, -0.25) is 14.5 Å². The van der Waals surface area contributed by atoms with Crippen molar-refractivity contribution in [2.75, 3.05) is 12.3 Å². The maximum Gasteiger partial charge on any atom is 0.310 e. The second-order valence-electron chi connectivity index (χ2n) is 5.98. The summed E-state index contributed by atoms with van der Waals surface area (Å²) < 4.78 is 29.0. The summed E-state index contributed by atoms with van der Waals surface area (Å²) in [6.45, 7) is -0.139. The zero-order chi connectivity index (χ0) is 16.4. The first-order chi connectivity index (χ1) is 11.0. The molecule has 1 aliphatic heterocycles. The predicted molar refractivity (Wildman–Crippen MR) is 83.0 cm³/mol. The molecule has 6 nitrogen and oxygen atoms in total. The van der Waals surface area contributed by atoms with E-state index in [4.69, 9.17) is 4.18 Å². The van der Waals surface area contributed by atoms with E-state index >= 15 is 0 Å². The minimum atomic E-state index is -3.85. The number of amides is 2. The van der Waals surface area contributed by atoms with Crippen molar-refractivity contribution in [2.45, 2.75) is 25.7 Å². The molecule has 1 aromatic carbocycles. The van der Waals surface area contributed by atoms with Crippen LogP contribution >= 0.6 is 0 Å². The van der Waals surface area contributed by atoms with Gasteiger partial charge in [-0.1, -0.05) is 31.0 Å². The van der Waals surface area contributed by atoms with Gasteiger partial charge in [-0.15, -0.1) is 0 Å². The molecule has 2 atom stereocenters. The van der Waals surface area contributed by atoms with Crippen LogP contribution in [0.4, 0.5) is 0 Å². The van der Waals surface area contributed by atoms with E-state index in [-0.39, 0.29) is 35.9 Å². The van der Waals surface area contributed by atoms with E-state index in [9.17, 15) is 18.0 Å². The Morgan fingerprint density at radius 2 is 1.57 bits per heavy atom. The number of imide groups is 1. The molecule has 1 saturated heterocycles. The molecule has 0 bridgehead atoms. The molecule has 1 saturated carbocycles. The number of likely N-dealkylation sites (tertiary alicyclic amines) is 1. The van der Waals surface area contributed by atoms with Gasteiger partial charge in [0.2, 0.25) is 11.8 Å². The predicted octanol–water partition coefficient (Wildman–Crippen LogP) is 1.57. The van der Waals surface area contributed by atoms with E-state index in [1.165, 1.54) is 12.1 Å². The van der Waals surface area contributed by atoms with Gasteiger partial charge >= 0.3 is 10.1 Å². The summed E-state index contributed by atoms with van der Waals surface area (Å²) >= 11 is 0. The van der Waals surface area contributed by atoms with Gasteiger partial charge in [0.15, 0.2) is 0 Å². The number of para-hydroxylation sites is 1. The van der Waals surface area contributed by atoms with Crippen LogP contribution in [0.2, 0.25) is 0 Å². The Kier molecular flexibility index (Phi) is 4.39. The molecule has 0 N–H and O–H groups in total. The average Bonchev–Trinajstić information content (AvgIpc) is 2.78. The third-order valence-corrected chi connectivity index (χ3v) is 5.59. The average molecular weight is 337 g/mol. The van der Waals surface area contributed by atoms with Crippen LogP contribution < -0.4 is 4.18 Å². The number of nitrogens with zero attached hydrogens (tertiary/aromatic N) is 1. The highest BCUT2D eigenvalue weighted by Crippen LogP contribution is 2.37. The SMILES string of the molecule is O=C1C2CCCCC2C(=O)N1CCS(=O)(=O)Oc1ccccc1. The van der Waals surface area contributed by atoms with Crippen LogP contribution in [0.15, 0.2) is 30.3 Å². The number of carbonyl (C=O) groups excluding carboxylic acids is 2. The van der Waals surface area contributed by atoms with Crippen molar-refractivity contribution in [3.63, 3.8) is 0 Å². The van der Waals surface area contributed by atoms with E-state index in [1.54, 1.807) is 18.2 Å². The van der Waals surface area contributed by atoms with E-state index in [1.807, 2.05) is 0 Å². The summed E-state index contributed by atoms with van der Waals surface area (Å²) in [4.78, 5) is 25.7. The van der Waals surface area contributed by atoms with Crippen LogP contribution in [0, 0.1) is 11.8 Å². The smallest absolute Gasteiger partial charge is 0.310 e. The van der Waals surface area contributed by atoms with Crippen molar-refractivity contribution < 1.29 is 22.2 Å².